The maximum absolute atomic E-state index is 13.1. The van der Waals surface area contributed by atoms with Crippen LogP contribution in [0, 0.1) is 6.92 Å². The zero-order chi connectivity index (χ0) is 24.7. The fourth-order valence-electron chi connectivity index (χ4n) is 3.68. The normalized spacial score (nSPS) is 16.1. The number of esters is 2. The third-order valence-electron chi connectivity index (χ3n) is 5.40. The van der Waals surface area contributed by atoms with E-state index in [0.717, 1.165) is 9.87 Å². The van der Waals surface area contributed by atoms with Gasteiger partial charge in [-0.05, 0) is 51.0 Å². The highest BCUT2D eigenvalue weighted by atomic mass is 32.2. The van der Waals surface area contributed by atoms with Gasteiger partial charge in [-0.25, -0.2) is 8.42 Å². The number of anilines is 1. The number of benzene rings is 2. The fourth-order valence-corrected chi connectivity index (χ4v) is 5.33. The molecular formula is C24H28N2O7S. The third-order valence-corrected chi connectivity index (χ3v) is 7.33. The third kappa shape index (κ3) is 6.00. The van der Waals surface area contributed by atoms with Crippen LogP contribution in [0.5, 0.6) is 0 Å². The van der Waals surface area contributed by atoms with Gasteiger partial charge in [0.15, 0.2) is 6.61 Å². The molecule has 0 saturated carbocycles. The second kappa shape index (κ2) is 11.3. The van der Waals surface area contributed by atoms with Gasteiger partial charge in [0.1, 0.15) is 12.6 Å². The van der Waals surface area contributed by atoms with Gasteiger partial charge in [0, 0.05) is 12.2 Å². The van der Waals surface area contributed by atoms with Gasteiger partial charge in [0.2, 0.25) is 10.0 Å². The number of amides is 1. The van der Waals surface area contributed by atoms with Gasteiger partial charge in [-0.15, -0.1) is 0 Å². The number of sulfonamides is 1. The van der Waals surface area contributed by atoms with Crippen molar-refractivity contribution < 1.29 is 32.3 Å². The largest absolute Gasteiger partial charge is 0.465 e. The maximum atomic E-state index is 13.1. The summed E-state index contributed by atoms with van der Waals surface area (Å²) in [7, 11) is -3.89. The zero-order valence-electron chi connectivity index (χ0n) is 19.2. The summed E-state index contributed by atoms with van der Waals surface area (Å²) in [5.41, 5.74) is 1.36. The number of ether oxygens (including phenoxy) is 2. The van der Waals surface area contributed by atoms with E-state index in [0.29, 0.717) is 18.5 Å². The van der Waals surface area contributed by atoms with Gasteiger partial charge in [-0.3, -0.25) is 19.3 Å². The second-order valence-corrected chi connectivity index (χ2v) is 9.71. The molecule has 2 aromatic rings. The molecule has 1 aliphatic rings. The summed E-state index contributed by atoms with van der Waals surface area (Å²) >= 11 is 0. The lowest BCUT2D eigenvalue weighted by atomic mass is 10.2. The van der Waals surface area contributed by atoms with Crippen LogP contribution in [0.25, 0.3) is 0 Å². The molecule has 0 spiro atoms. The van der Waals surface area contributed by atoms with Crippen molar-refractivity contribution in [2.24, 2.45) is 0 Å². The van der Waals surface area contributed by atoms with E-state index in [1.54, 1.807) is 49.4 Å². The summed E-state index contributed by atoms with van der Waals surface area (Å²) in [5, 5.41) is 0. The van der Waals surface area contributed by atoms with Crippen molar-refractivity contribution in [3.05, 3.63) is 60.2 Å². The minimum atomic E-state index is -3.89. The van der Waals surface area contributed by atoms with Crippen molar-refractivity contribution >= 4 is 33.6 Å². The molecule has 0 N–H and O–H groups in total. The quantitative estimate of drug-likeness (QED) is 0.498. The standard InChI is InChI=1S/C24H28N2O7S/c1-3-32-23(28)16-25(19-8-5-4-6-9-19)22(27)17-33-24(29)21-10-7-15-26(21)34(30,31)20-13-11-18(2)12-14-20/h4-6,8-9,11-14,21H,3,7,10,15-17H2,1-2H3/t21-/m0/s1. The molecule has 10 heteroatoms. The van der Waals surface area contributed by atoms with Crippen molar-refractivity contribution in [1.82, 2.24) is 4.31 Å². The van der Waals surface area contributed by atoms with Crippen LogP contribution in [-0.4, -0.2) is 62.9 Å². The first-order valence-electron chi connectivity index (χ1n) is 11.0. The monoisotopic (exact) mass is 488 g/mol. The van der Waals surface area contributed by atoms with Crippen LogP contribution < -0.4 is 4.90 Å². The van der Waals surface area contributed by atoms with E-state index in [4.69, 9.17) is 9.47 Å². The number of hydrogen-bond acceptors (Lipinski definition) is 7. The molecule has 1 fully saturated rings. The van der Waals surface area contributed by atoms with Crippen molar-refractivity contribution in [3.8, 4) is 0 Å². The van der Waals surface area contributed by atoms with Gasteiger partial charge in [-0.2, -0.15) is 4.31 Å². The van der Waals surface area contributed by atoms with Crippen molar-refractivity contribution in [1.29, 1.82) is 0 Å². The van der Waals surface area contributed by atoms with E-state index < -0.39 is 40.5 Å². The molecule has 9 nitrogen and oxygen atoms in total. The highest BCUT2D eigenvalue weighted by Gasteiger charge is 2.40. The summed E-state index contributed by atoms with van der Waals surface area (Å²) in [5.74, 6) is -2.03. The Labute approximate surface area is 199 Å². The molecule has 3 rings (SSSR count). The van der Waals surface area contributed by atoms with Gasteiger partial charge < -0.3 is 9.47 Å². The number of carbonyl (C=O) groups is 3. The van der Waals surface area contributed by atoms with E-state index in [1.807, 2.05) is 6.92 Å². The van der Waals surface area contributed by atoms with E-state index in [1.165, 1.54) is 17.0 Å². The fraction of sp³-hybridized carbons (Fsp3) is 0.375. The number of carbonyl (C=O) groups excluding carboxylic acids is 3. The van der Waals surface area contributed by atoms with E-state index in [-0.39, 0.29) is 24.6 Å². The van der Waals surface area contributed by atoms with Gasteiger partial charge >= 0.3 is 11.9 Å². The minimum Gasteiger partial charge on any atom is -0.465 e. The van der Waals surface area contributed by atoms with Crippen LogP contribution in [0.2, 0.25) is 0 Å². The summed E-state index contributed by atoms with van der Waals surface area (Å²) in [6, 6.07) is 13.8. The SMILES string of the molecule is CCOC(=O)CN(C(=O)COC(=O)[C@@H]1CCCN1S(=O)(=O)c1ccc(C)cc1)c1ccccc1. The summed E-state index contributed by atoms with van der Waals surface area (Å²) in [6.45, 7) is 2.88. The molecule has 1 atom stereocenters. The van der Waals surface area contributed by atoms with Crippen molar-refractivity contribution in [3.63, 3.8) is 0 Å². The Bertz CT molecular complexity index is 1120. The summed E-state index contributed by atoms with van der Waals surface area (Å²) in [6.07, 6.45) is 0.793. The molecule has 0 bridgehead atoms. The van der Waals surface area contributed by atoms with Crippen LogP contribution in [0.4, 0.5) is 5.69 Å². The van der Waals surface area contributed by atoms with Crippen LogP contribution in [0.3, 0.4) is 0 Å². The molecule has 34 heavy (non-hydrogen) atoms. The average Bonchev–Trinajstić information content (AvgIpc) is 3.33. The Morgan fingerprint density at radius 2 is 1.71 bits per heavy atom. The predicted molar refractivity (Wildman–Crippen MR) is 124 cm³/mol. The zero-order valence-corrected chi connectivity index (χ0v) is 20.0. The van der Waals surface area contributed by atoms with Gasteiger partial charge in [0.05, 0.1) is 11.5 Å². The van der Waals surface area contributed by atoms with Crippen LogP contribution in [0.1, 0.15) is 25.3 Å². The molecule has 1 saturated heterocycles. The molecule has 1 amide bonds. The average molecular weight is 489 g/mol. The lowest BCUT2D eigenvalue weighted by Crippen LogP contribution is -2.43. The lowest BCUT2D eigenvalue weighted by Gasteiger charge is -2.24. The second-order valence-electron chi connectivity index (χ2n) is 7.81. The molecule has 0 aliphatic carbocycles. The minimum absolute atomic E-state index is 0.0959. The first-order chi connectivity index (χ1) is 16.2. The number of nitrogens with zero attached hydrogens (tertiary/aromatic N) is 2. The number of aryl methyl sites for hydroxylation is 1. The Hall–Kier alpha value is -3.24. The van der Waals surface area contributed by atoms with Gasteiger partial charge in [-0.1, -0.05) is 35.9 Å². The smallest absolute Gasteiger partial charge is 0.326 e. The first-order valence-corrected chi connectivity index (χ1v) is 12.4. The maximum Gasteiger partial charge on any atom is 0.326 e. The summed E-state index contributed by atoms with van der Waals surface area (Å²) < 4.78 is 37.4. The Balaban J connectivity index is 1.69. The van der Waals surface area contributed by atoms with E-state index in [2.05, 4.69) is 0 Å². The lowest BCUT2D eigenvalue weighted by molar-refractivity contribution is -0.151. The summed E-state index contributed by atoms with van der Waals surface area (Å²) in [4.78, 5) is 38.9. The number of hydrogen-bond donors (Lipinski definition) is 0. The van der Waals surface area contributed by atoms with Crippen LogP contribution in [-0.2, 0) is 33.9 Å². The number of rotatable bonds is 9. The topological polar surface area (TPSA) is 110 Å². The number of para-hydroxylation sites is 1. The highest BCUT2D eigenvalue weighted by molar-refractivity contribution is 7.89. The van der Waals surface area contributed by atoms with Crippen LogP contribution in [0.15, 0.2) is 59.5 Å². The molecule has 0 aromatic heterocycles. The van der Waals surface area contributed by atoms with Crippen molar-refractivity contribution in [2.75, 3.05) is 31.2 Å². The predicted octanol–water partition coefficient (Wildman–Crippen LogP) is 2.29. The van der Waals surface area contributed by atoms with E-state index >= 15 is 0 Å². The van der Waals surface area contributed by atoms with E-state index in [9.17, 15) is 22.8 Å². The molecule has 1 aliphatic heterocycles. The Kier molecular flexibility index (Phi) is 8.41. The molecule has 2 aromatic carbocycles. The molecule has 182 valence electrons. The Morgan fingerprint density at radius 3 is 2.35 bits per heavy atom. The first kappa shape index (κ1) is 25.4. The molecular weight excluding hydrogens is 460 g/mol. The van der Waals surface area contributed by atoms with Crippen LogP contribution >= 0.6 is 0 Å². The molecule has 0 radical (unpaired) electrons. The molecule has 0 unspecified atom stereocenters. The highest BCUT2D eigenvalue weighted by Crippen LogP contribution is 2.27. The van der Waals surface area contributed by atoms with Crippen molar-refractivity contribution in [2.45, 2.75) is 37.6 Å². The van der Waals surface area contributed by atoms with Gasteiger partial charge in [0.25, 0.3) is 5.91 Å². The molecule has 1 heterocycles. The Morgan fingerprint density at radius 1 is 1.03 bits per heavy atom.